The van der Waals surface area contributed by atoms with Gasteiger partial charge in [0.25, 0.3) is 0 Å². The second kappa shape index (κ2) is 11.9. The molecule has 0 amide bonds. The van der Waals surface area contributed by atoms with E-state index in [4.69, 9.17) is 10.5 Å². The van der Waals surface area contributed by atoms with Crippen molar-refractivity contribution in [2.24, 2.45) is 0 Å². The van der Waals surface area contributed by atoms with Crippen molar-refractivity contribution in [3.63, 3.8) is 0 Å². The highest BCUT2D eigenvalue weighted by Gasteiger charge is 2.54. The molecule has 1 unspecified atom stereocenters. The van der Waals surface area contributed by atoms with E-state index >= 15 is 0 Å². The zero-order valence-corrected chi connectivity index (χ0v) is 23.2. The maximum absolute atomic E-state index is 15.0. The molecule has 15 heteroatoms. The maximum Gasteiger partial charge on any atom is 0.510 e. The number of halogens is 3. The molecule has 0 aliphatic rings. The van der Waals surface area contributed by atoms with Crippen LogP contribution in [0.15, 0.2) is 52.3 Å². The number of nitrogens with zero attached hydrogens (tertiary/aromatic N) is 1. The van der Waals surface area contributed by atoms with Gasteiger partial charge in [0.05, 0.1) is 23.9 Å². The zero-order valence-electron chi connectivity index (χ0n) is 19.9. The Kier molecular flexibility index (Phi) is 9.26. The van der Waals surface area contributed by atoms with Crippen molar-refractivity contribution in [3.8, 4) is 11.3 Å². The molecule has 10 nitrogen and oxygen atoms in total. The average molecular weight is 635 g/mol. The minimum atomic E-state index is -5.64. The third-order valence-electron chi connectivity index (χ3n) is 5.04. The van der Waals surface area contributed by atoms with E-state index in [1.54, 1.807) is 22.1 Å². The number of hydrogen-bond acceptors (Lipinski definition) is 8. The second-order valence-electron chi connectivity index (χ2n) is 8.08. The lowest BCUT2D eigenvalue weighted by Gasteiger charge is -2.23. The van der Waals surface area contributed by atoms with Gasteiger partial charge in [-0.05, 0) is 43.2 Å². The molecule has 0 saturated carbocycles. The van der Waals surface area contributed by atoms with E-state index in [0.717, 1.165) is 17.4 Å². The van der Waals surface area contributed by atoms with Crippen LogP contribution < -0.4 is 4.80 Å². The van der Waals surface area contributed by atoms with Crippen LogP contribution in [-0.2, 0) is 30.8 Å². The summed E-state index contributed by atoms with van der Waals surface area (Å²) in [6.45, 7) is 1.93. The molecule has 38 heavy (non-hydrogen) atoms. The van der Waals surface area contributed by atoms with Crippen LogP contribution >= 0.6 is 34.9 Å². The Morgan fingerprint density at radius 1 is 1.21 bits per heavy atom. The van der Waals surface area contributed by atoms with Gasteiger partial charge in [-0.2, -0.15) is 8.78 Å². The number of carboxylic acids is 1. The quantitative estimate of drug-likeness (QED) is 0.140. The molecule has 3 rings (SSSR count). The molecule has 0 saturated heterocycles. The van der Waals surface area contributed by atoms with E-state index in [9.17, 15) is 27.8 Å². The first-order valence-electron chi connectivity index (χ1n) is 10.8. The highest BCUT2D eigenvalue weighted by atomic mass is 79.9. The molecule has 204 valence electrons. The molecule has 1 heterocycles. The first-order valence-corrected chi connectivity index (χ1v) is 14.0. The van der Waals surface area contributed by atoms with E-state index in [2.05, 4.69) is 29.9 Å². The number of carboxylic acid groups (broad SMARTS) is 1. The number of thiazole rings is 1. The fourth-order valence-corrected chi connectivity index (χ4v) is 5.66. The minimum absolute atomic E-state index is 0.0991. The Labute approximate surface area is 227 Å². The zero-order chi connectivity index (χ0) is 28.3. The van der Waals surface area contributed by atoms with Crippen molar-refractivity contribution in [3.05, 3.63) is 73.8 Å². The predicted molar refractivity (Wildman–Crippen MR) is 136 cm³/mol. The van der Waals surface area contributed by atoms with Crippen molar-refractivity contribution in [2.45, 2.75) is 32.2 Å². The van der Waals surface area contributed by atoms with Crippen LogP contribution in [0.3, 0.4) is 0 Å². The summed E-state index contributed by atoms with van der Waals surface area (Å²) in [7, 11) is -5.64. The lowest BCUT2D eigenvalue weighted by molar-refractivity contribution is -0.0267. The van der Waals surface area contributed by atoms with E-state index < -0.39 is 43.8 Å². The number of carbonyl (C=O) groups is 2. The van der Waals surface area contributed by atoms with Crippen LogP contribution in [0.4, 0.5) is 13.6 Å². The van der Waals surface area contributed by atoms with Gasteiger partial charge >= 0.3 is 25.4 Å². The van der Waals surface area contributed by atoms with Gasteiger partial charge < -0.3 is 24.0 Å². The Hall–Kier alpha value is -2.90. The summed E-state index contributed by atoms with van der Waals surface area (Å²) in [5.41, 5.74) is -3.32. The number of hydrogen-bond donors (Lipinski definition) is 3. The predicted octanol–water partition coefficient (Wildman–Crippen LogP) is 5.98. The summed E-state index contributed by atoms with van der Waals surface area (Å²) < 4.78 is 57.0. The number of rotatable bonds is 10. The van der Waals surface area contributed by atoms with Gasteiger partial charge in [0.15, 0.2) is 4.80 Å². The standard InChI is InChI=1S/C23H22BrF2N2O8PS/c1-13(2)36-22(31)34-12-35-37(32,33)23(25,26)17-8-3-14(9-18(17)24)10-28-19(11-38-21(28)27)15-4-6-16(7-5-15)20(29)30/h3-9,11,13,27H,10,12H2,1-2H3,(H,29,30)(H,32,33). The summed E-state index contributed by atoms with van der Waals surface area (Å²) in [6.07, 6.45) is -1.79. The molecule has 0 spiro atoms. The lowest BCUT2D eigenvalue weighted by Crippen LogP contribution is -2.20. The van der Waals surface area contributed by atoms with Crippen LogP contribution in [0.1, 0.15) is 35.3 Å². The lowest BCUT2D eigenvalue weighted by atomic mass is 10.1. The van der Waals surface area contributed by atoms with Gasteiger partial charge in [-0.15, -0.1) is 11.3 Å². The summed E-state index contributed by atoms with van der Waals surface area (Å²) in [4.78, 5) is 32.5. The highest BCUT2D eigenvalue weighted by Crippen LogP contribution is 2.64. The van der Waals surface area contributed by atoms with Crippen molar-refractivity contribution in [1.29, 1.82) is 5.41 Å². The van der Waals surface area contributed by atoms with Crippen LogP contribution in [0, 0.1) is 5.41 Å². The molecule has 0 radical (unpaired) electrons. The Balaban J connectivity index is 1.79. The van der Waals surface area contributed by atoms with Crippen molar-refractivity contribution in [2.75, 3.05) is 6.79 Å². The normalized spacial score (nSPS) is 13.2. The molecule has 0 fully saturated rings. The molecule has 0 aliphatic carbocycles. The van der Waals surface area contributed by atoms with Crippen LogP contribution in [0.25, 0.3) is 11.3 Å². The van der Waals surface area contributed by atoms with Gasteiger partial charge in [-0.1, -0.05) is 40.2 Å². The topological polar surface area (TPSA) is 148 Å². The monoisotopic (exact) mass is 634 g/mol. The fourth-order valence-electron chi connectivity index (χ4n) is 3.20. The van der Waals surface area contributed by atoms with E-state index in [0.29, 0.717) is 16.8 Å². The molecule has 1 atom stereocenters. The highest BCUT2D eigenvalue weighted by molar-refractivity contribution is 9.10. The van der Waals surface area contributed by atoms with Gasteiger partial charge in [-0.3, -0.25) is 14.5 Å². The number of ether oxygens (including phenoxy) is 2. The summed E-state index contributed by atoms with van der Waals surface area (Å²) in [5, 5.41) is 19.0. The second-order valence-corrected chi connectivity index (χ2v) is 11.7. The molecule has 2 aromatic carbocycles. The average Bonchev–Trinajstić information content (AvgIpc) is 3.18. The third kappa shape index (κ3) is 6.75. The molecular weight excluding hydrogens is 613 g/mol. The largest absolute Gasteiger partial charge is 0.510 e. The Bertz CT molecular complexity index is 1440. The molecular formula is C23H22BrF2N2O8PS. The number of alkyl halides is 2. The number of aromatic carboxylic acids is 1. The summed E-state index contributed by atoms with van der Waals surface area (Å²) in [5.74, 6) is -1.07. The van der Waals surface area contributed by atoms with Crippen LogP contribution in [0.5, 0.6) is 0 Å². The summed E-state index contributed by atoms with van der Waals surface area (Å²) in [6, 6.07) is 9.66. The molecule has 3 N–H and O–H groups in total. The molecule has 0 aliphatic heterocycles. The first-order chi connectivity index (χ1) is 17.7. The van der Waals surface area contributed by atoms with E-state index in [1.165, 1.54) is 38.1 Å². The fraction of sp³-hybridized carbons (Fsp3) is 0.261. The Morgan fingerprint density at radius 3 is 2.45 bits per heavy atom. The van der Waals surface area contributed by atoms with Crippen molar-refractivity contribution in [1.82, 2.24) is 4.57 Å². The number of carbonyl (C=O) groups excluding carboxylic acids is 1. The van der Waals surface area contributed by atoms with Crippen molar-refractivity contribution >= 4 is 47.0 Å². The number of benzene rings is 2. The van der Waals surface area contributed by atoms with Crippen molar-refractivity contribution < 1.29 is 46.9 Å². The third-order valence-corrected chi connectivity index (χ3v) is 7.88. The number of aromatic nitrogens is 1. The van der Waals surface area contributed by atoms with Gasteiger partial charge in [0.1, 0.15) is 0 Å². The molecule has 3 aromatic rings. The summed E-state index contributed by atoms with van der Waals surface area (Å²) >= 11 is 4.15. The smallest absolute Gasteiger partial charge is 0.478 e. The van der Waals surface area contributed by atoms with Gasteiger partial charge in [0, 0.05) is 15.4 Å². The molecule has 0 bridgehead atoms. The van der Waals surface area contributed by atoms with Crippen LogP contribution in [-0.4, -0.2) is 39.6 Å². The minimum Gasteiger partial charge on any atom is -0.478 e. The van der Waals surface area contributed by atoms with E-state index in [1.807, 2.05) is 0 Å². The van der Waals surface area contributed by atoms with Crippen LogP contribution in [0.2, 0.25) is 0 Å². The van der Waals surface area contributed by atoms with Gasteiger partial charge in [-0.25, -0.2) is 9.59 Å². The molecule has 1 aromatic heterocycles. The Morgan fingerprint density at radius 2 is 1.87 bits per heavy atom. The van der Waals surface area contributed by atoms with Gasteiger partial charge in [0.2, 0.25) is 6.79 Å². The SMILES string of the molecule is CC(C)OC(=O)OCOP(=O)(O)C(F)(F)c1ccc(Cn2c(-c3ccc(C(=O)O)cc3)csc2=N)cc1Br. The number of nitrogens with one attached hydrogen (secondary N) is 1. The maximum atomic E-state index is 15.0. The first kappa shape index (κ1) is 29.7. The van der Waals surface area contributed by atoms with E-state index in [-0.39, 0.29) is 21.4 Å².